The molecule has 0 saturated carbocycles. The molecule has 1 fully saturated rings. The predicted octanol–water partition coefficient (Wildman–Crippen LogP) is 6.35. The highest BCUT2D eigenvalue weighted by atomic mass is 16.7. The third kappa shape index (κ3) is 8.78. The SMILES string of the molecule is C/C=C/C(C)/C=C(\C)C/C=C/CCc1nc(-c2coc(C(C[C@H]3C[C@@H](O)C[C@](C)(OC)O3)OC)n2)co1. The molecule has 2 aromatic heterocycles. The lowest BCUT2D eigenvalue weighted by Crippen LogP contribution is -2.45. The molecule has 3 heterocycles. The smallest absolute Gasteiger partial charge is 0.223 e. The fourth-order valence-electron chi connectivity index (χ4n) is 4.64. The van der Waals surface area contributed by atoms with E-state index in [1.54, 1.807) is 26.7 Å². The van der Waals surface area contributed by atoms with Gasteiger partial charge in [-0.25, -0.2) is 9.97 Å². The molecule has 8 heteroatoms. The minimum absolute atomic E-state index is 0.253. The van der Waals surface area contributed by atoms with Crippen LogP contribution < -0.4 is 0 Å². The quantitative estimate of drug-likeness (QED) is 0.309. The molecule has 8 nitrogen and oxygen atoms in total. The van der Waals surface area contributed by atoms with Gasteiger partial charge in [0.1, 0.15) is 30.0 Å². The Bertz CT molecular complexity index is 1050. The van der Waals surface area contributed by atoms with E-state index in [4.69, 9.17) is 23.0 Å². The number of ether oxygens (including phenoxy) is 3. The van der Waals surface area contributed by atoms with Gasteiger partial charge in [-0.1, -0.05) is 42.9 Å². The first-order valence-corrected chi connectivity index (χ1v) is 13.0. The van der Waals surface area contributed by atoms with E-state index in [9.17, 15) is 5.11 Å². The Morgan fingerprint density at radius 3 is 2.70 bits per heavy atom. The standard InChI is InChI=1S/C29H42N2O6/c1-7-11-20(2)14-21(3)12-9-8-10-13-27-30-24(18-35-27)25-19-36-28(31-25)26(33-5)16-23-15-22(32)17-29(4,34-6)37-23/h7-9,11,14,18-20,22-23,26,32H,10,12-13,15-17H2,1-6H3/b9-8+,11-7+,21-14+/t20?,22-,23-,26?,29-/m1/s1. The number of methoxy groups -OCH3 is 2. The van der Waals surface area contributed by atoms with Crippen LogP contribution in [0.15, 0.2) is 57.3 Å². The number of aromatic nitrogens is 2. The topological polar surface area (TPSA) is 100.0 Å². The van der Waals surface area contributed by atoms with Crippen molar-refractivity contribution in [1.29, 1.82) is 0 Å². The van der Waals surface area contributed by atoms with Gasteiger partial charge in [0.2, 0.25) is 5.89 Å². The summed E-state index contributed by atoms with van der Waals surface area (Å²) in [5, 5.41) is 10.3. The summed E-state index contributed by atoms with van der Waals surface area (Å²) in [5.74, 6) is 0.722. The molecule has 1 aliphatic rings. The molecule has 1 aliphatic heterocycles. The highest BCUT2D eigenvalue weighted by Crippen LogP contribution is 2.35. The van der Waals surface area contributed by atoms with Crippen LogP contribution in [0.4, 0.5) is 0 Å². The van der Waals surface area contributed by atoms with Gasteiger partial charge in [0.05, 0.1) is 12.2 Å². The van der Waals surface area contributed by atoms with Crippen molar-refractivity contribution >= 4 is 0 Å². The van der Waals surface area contributed by atoms with Gasteiger partial charge in [0.15, 0.2) is 11.7 Å². The van der Waals surface area contributed by atoms with Crippen LogP contribution in [0.3, 0.4) is 0 Å². The number of aliphatic hydroxyl groups is 1. The molecular weight excluding hydrogens is 472 g/mol. The molecule has 0 radical (unpaired) electrons. The minimum Gasteiger partial charge on any atom is -0.448 e. The molecule has 204 valence electrons. The zero-order valence-electron chi connectivity index (χ0n) is 23.0. The fourth-order valence-corrected chi connectivity index (χ4v) is 4.64. The van der Waals surface area contributed by atoms with Crippen molar-refractivity contribution in [2.24, 2.45) is 5.92 Å². The van der Waals surface area contributed by atoms with E-state index in [-0.39, 0.29) is 6.10 Å². The number of oxazole rings is 2. The zero-order chi connectivity index (χ0) is 26.8. The number of hydrogen-bond acceptors (Lipinski definition) is 8. The molecular formula is C29H42N2O6. The van der Waals surface area contributed by atoms with E-state index >= 15 is 0 Å². The Morgan fingerprint density at radius 2 is 1.97 bits per heavy atom. The molecule has 37 heavy (non-hydrogen) atoms. The first kappa shape index (κ1) is 29.0. The van der Waals surface area contributed by atoms with Crippen LogP contribution in [-0.2, 0) is 20.6 Å². The second kappa shape index (κ2) is 13.9. The van der Waals surface area contributed by atoms with E-state index < -0.39 is 18.0 Å². The maximum atomic E-state index is 10.3. The first-order valence-electron chi connectivity index (χ1n) is 13.0. The van der Waals surface area contributed by atoms with Crippen LogP contribution in [0.5, 0.6) is 0 Å². The van der Waals surface area contributed by atoms with Gasteiger partial charge in [-0.15, -0.1) is 0 Å². The van der Waals surface area contributed by atoms with Crippen molar-refractivity contribution in [3.8, 4) is 11.4 Å². The molecule has 2 unspecified atom stereocenters. The van der Waals surface area contributed by atoms with Crippen molar-refractivity contribution in [3.63, 3.8) is 0 Å². The average molecular weight is 515 g/mol. The summed E-state index contributed by atoms with van der Waals surface area (Å²) in [6.07, 6.45) is 16.8. The van der Waals surface area contributed by atoms with Crippen molar-refractivity contribution in [3.05, 3.63) is 60.3 Å². The summed E-state index contributed by atoms with van der Waals surface area (Å²) in [6.45, 7) is 8.22. The van der Waals surface area contributed by atoms with Gasteiger partial charge in [0.25, 0.3) is 0 Å². The predicted molar refractivity (Wildman–Crippen MR) is 142 cm³/mol. The van der Waals surface area contributed by atoms with E-state index in [2.05, 4.69) is 54.2 Å². The number of aliphatic hydroxyl groups excluding tert-OH is 1. The monoisotopic (exact) mass is 514 g/mol. The molecule has 1 saturated heterocycles. The van der Waals surface area contributed by atoms with Crippen LogP contribution >= 0.6 is 0 Å². The largest absolute Gasteiger partial charge is 0.448 e. The summed E-state index contributed by atoms with van der Waals surface area (Å²) >= 11 is 0. The van der Waals surface area contributed by atoms with E-state index in [1.165, 1.54) is 5.57 Å². The molecule has 0 aromatic carbocycles. The van der Waals surface area contributed by atoms with Gasteiger partial charge in [0, 0.05) is 33.5 Å². The molecule has 0 bridgehead atoms. The first-order chi connectivity index (χ1) is 17.7. The van der Waals surface area contributed by atoms with Gasteiger partial charge in [-0.3, -0.25) is 0 Å². The summed E-state index contributed by atoms with van der Waals surface area (Å²) in [7, 11) is 3.18. The number of nitrogens with zero attached hydrogens (tertiary/aromatic N) is 2. The van der Waals surface area contributed by atoms with Crippen molar-refractivity contribution in [2.45, 2.75) is 90.3 Å². The fraction of sp³-hybridized carbons (Fsp3) is 0.586. The van der Waals surface area contributed by atoms with E-state index in [1.807, 2.05) is 13.8 Å². The lowest BCUT2D eigenvalue weighted by molar-refractivity contribution is -0.279. The van der Waals surface area contributed by atoms with Crippen LogP contribution in [0, 0.1) is 5.92 Å². The van der Waals surface area contributed by atoms with Gasteiger partial charge in [-0.2, -0.15) is 0 Å². The molecule has 3 rings (SSSR count). The van der Waals surface area contributed by atoms with Crippen LogP contribution in [0.2, 0.25) is 0 Å². The Hall–Kier alpha value is -2.52. The number of aryl methyl sites for hydroxylation is 1. The Kier molecular flexibility index (Phi) is 10.9. The maximum absolute atomic E-state index is 10.3. The van der Waals surface area contributed by atoms with Gasteiger partial charge >= 0.3 is 0 Å². The minimum atomic E-state index is -0.824. The van der Waals surface area contributed by atoms with Gasteiger partial charge in [-0.05, 0) is 46.0 Å². The van der Waals surface area contributed by atoms with Crippen molar-refractivity contribution in [1.82, 2.24) is 9.97 Å². The Labute approximate surface area is 220 Å². The normalized spacial score (nSPS) is 24.8. The molecule has 0 spiro atoms. The maximum Gasteiger partial charge on any atom is 0.223 e. The van der Waals surface area contributed by atoms with Crippen molar-refractivity contribution in [2.75, 3.05) is 14.2 Å². The summed E-state index contributed by atoms with van der Waals surface area (Å²) < 4.78 is 28.5. The van der Waals surface area contributed by atoms with Gasteiger partial charge < -0.3 is 28.2 Å². The van der Waals surface area contributed by atoms with Crippen LogP contribution in [0.1, 0.15) is 77.7 Å². The summed E-state index contributed by atoms with van der Waals surface area (Å²) in [6, 6.07) is 0. The van der Waals surface area contributed by atoms with E-state index in [0.717, 1.165) is 12.8 Å². The third-order valence-corrected chi connectivity index (χ3v) is 6.54. The Morgan fingerprint density at radius 1 is 1.22 bits per heavy atom. The molecule has 5 atom stereocenters. The molecule has 2 aromatic rings. The zero-order valence-corrected chi connectivity index (χ0v) is 23.0. The lowest BCUT2D eigenvalue weighted by atomic mass is 9.96. The van der Waals surface area contributed by atoms with E-state index in [0.29, 0.717) is 54.8 Å². The summed E-state index contributed by atoms with van der Waals surface area (Å²) in [5.41, 5.74) is 2.57. The summed E-state index contributed by atoms with van der Waals surface area (Å²) in [4.78, 5) is 9.15. The lowest BCUT2D eigenvalue weighted by Gasteiger charge is -2.40. The van der Waals surface area contributed by atoms with Crippen LogP contribution in [0.25, 0.3) is 11.4 Å². The molecule has 0 aliphatic carbocycles. The number of rotatable bonds is 13. The third-order valence-electron chi connectivity index (χ3n) is 6.54. The molecule has 1 N–H and O–H groups in total. The second-order valence-electron chi connectivity index (χ2n) is 9.94. The number of hydrogen-bond donors (Lipinski definition) is 1. The highest BCUT2D eigenvalue weighted by Gasteiger charge is 2.39. The second-order valence-corrected chi connectivity index (χ2v) is 9.94. The highest BCUT2D eigenvalue weighted by molar-refractivity contribution is 5.50. The Balaban J connectivity index is 1.53. The average Bonchev–Trinajstić information content (AvgIpc) is 3.52. The molecule has 0 amide bonds. The number of allylic oxidation sites excluding steroid dienone is 6. The van der Waals surface area contributed by atoms with Crippen LogP contribution in [-0.4, -0.2) is 47.3 Å². The van der Waals surface area contributed by atoms with Crippen molar-refractivity contribution < 1.29 is 28.2 Å².